The Morgan fingerprint density at radius 3 is 2.72 bits per heavy atom. The molecule has 2 aromatic rings. The van der Waals surface area contributed by atoms with E-state index in [2.05, 4.69) is 22.1 Å². The molecule has 3 N–H and O–H groups in total. The third-order valence-electron chi connectivity index (χ3n) is 5.70. The summed E-state index contributed by atoms with van der Waals surface area (Å²) in [5.41, 5.74) is 10.1. The molecule has 166 valence electrons. The second kappa shape index (κ2) is 11.7. The molecule has 1 aliphatic carbocycles. The first-order valence-electron chi connectivity index (χ1n) is 11.0. The lowest BCUT2D eigenvalue weighted by Crippen LogP contribution is -2.45. The Morgan fingerprint density at radius 1 is 1.25 bits per heavy atom. The summed E-state index contributed by atoms with van der Waals surface area (Å²) < 4.78 is 0. The number of aliphatic imine (C=N–C) groups is 1. The monoisotopic (exact) mass is 431 g/mol. The van der Waals surface area contributed by atoms with Gasteiger partial charge in [0.2, 0.25) is 12.2 Å². The smallest absolute Gasteiger partial charge is 0.303 e. The van der Waals surface area contributed by atoms with Crippen molar-refractivity contribution in [1.29, 1.82) is 5.26 Å². The Hall–Kier alpha value is -3.66. The normalized spacial score (nSPS) is 15.2. The summed E-state index contributed by atoms with van der Waals surface area (Å²) in [6.45, 7) is 0. The van der Waals surface area contributed by atoms with Crippen molar-refractivity contribution >= 4 is 23.2 Å². The van der Waals surface area contributed by atoms with Crippen LogP contribution in [0.1, 0.15) is 62.5 Å². The standard InChI is InChI=1S/C25H29N5O2/c26-18-29-25(27)30(21-10-2-1-3-11-21)22-12-6-8-19(16-22)23(13-4-5-14-24(31)32)20-9-7-15-28-17-20/h6-9,12-13,15-17,21H,1-5,10-11,14H2,(H2,27,29)(H,31,32)/b23-13+. The van der Waals surface area contributed by atoms with Gasteiger partial charge in [-0.05, 0) is 55.0 Å². The molecule has 0 radical (unpaired) electrons. The number of aliphatic carboxylic acids is 1. The molecule has 1 heterocycles. The maximum atomic E-state index is 10.9. The van der Waals surface area contributed by atoms with Crippen molar-refractivity contribution in [3.8, 4) is 6.19 Å². The lowest BCUT2D eigenvalue weighted by molar-refractivity contribution is -0.137. The molecular weight excluding hydrogens is 402 g/mol. The number of carboxylic acid groups (broad SMARTS) is 1. The lowest BCUT2D eigenvalue weighted by Gasteiger charge is -2.35. The van der Waals surface area contributed by atoms with E-state index in [0.717, 1.165) is 48.1 Å². The van der Waals surface area contributed by atoms with Crippen molar-refractivity contribution in [2.24, 2.45) is 10.7 Å². The molecule has 0 amide bonds. The molecule has 0 aliphatic heterocycles. The van der Waals surface area contributed by atoms with Crippen molar-refractivity contribution in [2.45, 2.75) is 57.4 Å². The van der Waals surface area contributed by atoms with Crippen LogP contribution in [0, 0.1) is 11.5 Å². The molecule has 1 aliphatic rings. The van der Waals surface area contributed by atoms with Crippen molar-refractivity contribution in [3.63, 3.8) is 0 Å². The number of nitrogens with two attached hydrogens (primary N) is 1. The number of anilines is 1. The highest BCUT2D eigenvalue weighted by Gasteiger charge is 2.25. The summed E-state index contributed by atoms with van der Waals surface area (Å²) >= 11 is 0. The number of hydrogen-bond acceptors (Lipinski definition) is 4. The number of pyridine rings is 1. The molecule has 7 heteroatoms. The summed E-state index contributed by atoms with van der Waals surface area (Å²) in [6.07, 6.45) is 14.2. The van der Waals surface area contributed by atoms with Gasteiger partial charge in [0.1, 0.15) is 0 Å². The van der Waals surface area contributed by atoms with Crippen LogP contribution in [0.25, 0.3) is 5.57 Å². The minimum atomic E-state index is -0.793. The molecule has 0 saturated heterocycles. The Morgan fingerprint density at radius 2 is 2.03 bits per heavy atom. The highest BCUT2D eigenvalue weighted by Crippen LogP contribution is 2.31. The van der Waals surface area contributed by atoms with Crippen molar-refractivity contribution < 1.29 is 9.90 Å². The second-order valence-electron chi connectivity index (χ2n) is 7.93. The maximum Gasteiger partial charge on any atom is 0.303 e. The van der Waals surface area contributed by atoms with Crippen LogP contribution in [-0.4, -0.2) is 28.1 Å². The fourth-order valence-corrected chi connectivity index (χ4v) is 4.22. The molecule has 7 nitrogen and oxygen atoms in total. The quantitative estimate of drug-likeness (QED) is 0.271. The zero-order chi connectivity index (χ0) is 22.8. The van der Waals surface area contributed by atoms with Gasteiger partial charge in [-0.3, -0.25) is 9.78 Å². The number of carboxylic acids is 1. The molecule has 0 unspecified atom stereocenters. The molecular formula is C25H29N5O2. The van der Waals surface area contributed by atoms with Crippen LogP contribution in [0.2, 0.25) is 0 Å². The molecule has 0 atom stereocenters. The number of carbonyl (C=O) groups is 1. The lowest BCUT2D eigenvalue weighted by atomic mass is 9.93. The van der Waals surface area contributed by atoms with Crippen LogP contribution in [0.4, 0.5) is 5.69 Å². The van der Waals surface area contributed by atoms with Crippen LogP contribution in [0.15, 0.2) is 59.9 Å². The fraction of sp³-hybridized carbons (Fsp3) is 0.360. The number of nitriles is 1. The van der Waals surface area contributed by atoms with E-state index in [-0.39, 0.29) is 18.4 Å². The molecule has 0 bridgehead atoms. The zero-order valence-corrected chi connectivity index (χ0v) is 18.2. The van der Waals surface area contributed by atoms with Gasteiger partial charge in [-0.25, -0.2) is 0 Å². The Labute approximate surface area is 188 Å². The van der Waals surface area contributed by atoms with Gasteiger partial charge in [0.25, 0.3) is 0 Å². The van der Waals surface area contributed by atoms with Gasteiger partial charge in [0, 0.05) is 36.1 Å². The van der Waals surface area contributed by atoms with E-state index in [1.165, 1.54) is 6.42 Å². The first kappa shape index (κ1) is 23.0. The number of allylic oxidation sites excluding steroid dienone is 1. The molecule has 3 rings (SSSR count). The predicted molar refractivity (Wildman–Crippen MR) is 126 cm³/mol. The molecule has 1 saturated carbocycles. The highest BCUT2D eigenvalue weighted by molar-refractivity contribution is 5.96. The van der Waals surface area contributed by atoms with E-state index in [1.54, 1.807) is 12.4 Å². The van der Waals surface area contributed by atoms with Crippen LogP contribution in [-0.2, 0) is 4.79 Å². The molecule has 0 spiro atoms. The number of hydrogen-bond donors (Lipinski definition) is 2. The molecule has 1 aromatic carbocycles. The fourth-order valence-electron chi connectivity index (χ4n) is 4.22. The van der Waals surface area contributed by atoms with Crippen molar-refractivity contribution in [3.05, 3.63) is 66.0 Å². The maximum absolute atomic E-state index is 10.9. The Balaban J connectivity index is 1.98. The molecule has 1 aromatic heterocycles. The summed E-state index contributed by atoms with van der Waals surface area (Å²) in [4.78, 5) is 21.0. The van der Waals surface area contributed by atoms with Gasteiger partial charge in [-0.1, -0.05) is 43.5 Å². The van der Waals surface area contributed by atoms with E-state index in [1.807, 2.05) is 41.4 Å². The number of rotatable bonds is 8. The molecule has 1 fully saturated rings. The average molecular weight is 432 g/mol. The number of nitrogens with zero attached hydrogens (tertiary/aromatic N) is 4. The number of benzene rings is 1. The van der Waals surface area contributed by atoms with Gasteiger partial charge in [0.15, 0.2) is 0 Å². The third-order valence-corrected chi connectivity index (χ3v) is 5.70. The number of aromatic nitrogens is 1. The summed E-state index contributed by atoms with van der Waals surface area (Å²) in [6, 6.07) is 12.1. The van der Waals surface area contributed by atoms with E-state index >= 15 is 0 Å². The van der Waals surface area contributed by atoms with E-state index < -0.39 is 5.97 Å². The topological polar surface area (TPSA) is 116 Å². The SMILES string of the molecule is N#CN=C(N)N(c1cccc(/C(=C\CCCC(=O)O)c2cccnc2)c1)C1CCCCC1. The first-order valence-corrected chi connectivity index (χ1v) is 11.0. The Bertz CT molecular complexity index is 1000. The van der Waals surface area contributed by atoms with Crippen LogP contribution in [0.3, 0.4) is 0 Å². The predicted octanol–water partition coefficient (Wildman–Crippen LogP) is 4.70. The van der Waals surface area contributed by atoms with Gasteiger partial charge in [0.05, 0.1) is 0 Å². The molecule has 32 heavy (non-hydrogen) atoms. The third kappa shape index (κ3) is 6.17. The van der Waals surface area contributed by atoms with Crippen LogP contribution >= 0.6 is 0 Å². The number of guanidine groups is 1. The minimum Gasteiger partial charge on any atom is -0.481 e. The van der Waals surface area contributed by atoms with Gasteiger partial charge in [-0.15, -0.1) is 4.99 Å². The summed E-state index contributed by atoms with van der Waals surface area (Å²) in [5, 5.41) is 18.0. The van der Waals surface area contributed by atoms with E-state index in [4.69, 9.17) is 16.1 Å². The number of unbranched alkanes of at least 4 members (excludes halogenated alkanes) is 1. The van der Waals surface area contributed by atoms with Crippen LogP contribution < -0.4 is 10.6 Å². The van der Waals surface area contributed by atoms with Gasteiger partial charge >= 0.3 is 5.97 Å². The summed E-state index contributed by atoms with van der Waals surface area (Å²) in [7, 11) is 0. The van der Waals surface area contributed by atoms with E-state index in [9.17, 15) is 4.79 Å². The van der Waals surface area contributed by atoms with Gasteiger partial charge < -0.3 is 15.7 Å². The van der Waals surface area contributed by atoms with Crippen LogP contribution in [0.5, 0.6) is 0 Å². The Kier molecular flexibility index (Phi) is 8.38. The van der Waals surface area contributed by atoms with Crippen molar-refractivity contribution in [2.75, 3.05) is 4.90 Å². The summed E-state index contributed by atoms with van der Waals surface area (Å²) in [5.74, 6) is -0.580. The second-order valence-corrected chi connectivity index (χ2v) is 7.93. The largest absolute Gasteiger partial charge is 0.481 e. The van der Waals surface area contributed by atoms with Crippen molar-refractivity contribution in [1.82, 2.24) is 4.98 Å². The van der Waals surface area contributed by atoms with Gasteiger partial charge in [-0.2, -0.15) is 5.26 Å². The average Bonchev–Trinajstić information content (AvgIpc) is 2.81. The first-order chi connectivity index (χ1) is 15.6. The zero-order valence-electron chi connectivity index (χ0n) is 18.2. The minimum absolute atomic E-state index is 0.132. The van der Waals surface area contributed by atoms with E-state index in [0.29, 0.717) is 12.8 Å². The highest BCUT2D eigenvalue weighted by atomic mass is 16.4.